The molecule has 2 heterocycles. The Balaban J connectivity index is 1.52. The zero-order chi connectivity index (χ0) is 19.9. The summed E-state index contributed by atoms with van der Waals surface area (Å²) in [5, 5.41) is 3.07. The van der Waals surface area contributed by atoms with E-state index in [1.54, 1.807) is 20.4 Å². The van der Waals surface area contributed by atoms with Crippen LogP contribution in [-0.2, 0) is 11.2 Å². The first kappa shape index (κ1) is 19.9. The van der Waals surface area contributed by atoms with Crippen molar-refractivity contribution >= 4 is 11.9 Å². The van der Waals surface area contributed by atoms with Gasteiger partial charge in [-0.1, -0.05) is 6.07 Å². The van der Waals surface area contributed by atoms with Crippen LogP contribution in [0.3, 0.4) is 0 Å². The highest BCUT2D eigenvalue weighted by molar-refractivity contribution is 5.79. The summed E-state index contributed by atoms with van der Waals surface area (Å²) < 4.78 is 10.6. The largest absolute Gasteiger partial charge is 0.493 e. The second-order valence-electron chi connectivity index (χ2n) is 7.01. The fraction of sp³-hybridized carbons (Fsp3) is 0.476. The van der Waals surface area contributed by atoms with E-state index in [1.807, 2.05) is 31.2 Å². The Hall–Kier alpha value is -2.83. The lowest BCUT2D eigenvalue weighted by Crippen LogP contribution is -2.44. The van der Waals surface area contributed by atoms with Crippen LogP contribution in [0.2, 0.25) is 0 Å². The first-order chi connectivity index (χ1) is 13.6. The number of anilines is 1. The molecule has 7 nitrogen and oxygen atoms in total. The first-order valence-electron chi connectivity index (χ1n) is 9.64. The summed E-state index contributed by atoms with van der Waals surface area (Å²) in [4.78, 5) is 23.6. The van der Waals surface area contributed by atoms with Crippen molar-refractivity contribution in [3.8, 4) is 11.5 Å². The van der Waals surface area contributed by atoms with E-state index >= 15 is 0 Å². The number of hydrogen-bond donors (Lipinski definition) is 1. The van der Waals surface area contributed by atoms with Crippen LogP contribution in [0, 0.1) is 12.8 Å². The lowest BCUT2D eigenvalue weighted by molar-refractivity contribution is -0.125. The van der Waals surface area contributed by atoms with Crippen molar-refractivity contribution in [2.24, 2.45) is 5.92 Å². The average molecular weight is 384 g/mol. The highest BCUT2D eigenvalue weighted by Crippen LogP contribution is 2.27. The molecule has 1 N–H and O–H groups in total. The SMILES string of the molecule is COc1ccc(CCNC(=O)C2CCCN(c3nccc(C)n3)C2)cc1OC. The molecule has 1 fully saturated rings. The van der Waals surface area contributed by atoms with Gasteiger partial charge in [0.05, 0.1) is 20.1 Å². The van der Waals surface area contributed by atoms with Crippen molar-refractivity contribution in [3.05, 3.63) is 41.7 Å². The van der Waals surface area contributed by atoms with E-state index < -0.39 is 0 Å². The van der Waals surface area contributed by atoms with E-state index in [0.717, 1.165) is 37.1 Å². The van der Waals surface area contributed by atoms with Gasteiger partial charge >= 0.3 is 0 Å². The lowest BCUT2D eigenvalue weighted by Gasteiger charge is -2.32. The number of nitrogens with zero attached hydrogens (tertiary/aromatic N) is 3. The second-order valence-corrected chi connectivity index (χ2v) is 7.01. The predicted molar refractivity (Wildman–Crippen MR) is 108 cm³/mol. The molecule has 1 unspecified atom stereocenters. The molecule has 0 aliphatic carbocycles. The molecule has 2 aromatic rings. The minimum absolute atomic E-state index is 0.0386. The molecule has 7 heteroatoms. The van der Waals surface area contributed by atoms with Gasteiger partial charge in [0.2, 0.25) is 11.9 Å². The molecule has 1 aromatic carbocycles. The molecule has 0 radical (unpaired) electrons. The number of rotatable bonds is 7. The molecule has 0 saturated carbocycles. The van der Waals surface area contributed by atoms with Crippen molar-refractivity contribution in [2.45, 2.75) is 26.2 Å². The molecular weight excluding hydrogens is 356 g/mol. The van der Waals surface area contributed by atoms with Crippen LogP contribution >= 0.6 is 0 Å². The van der Waals surface area contributed by atoms with Crippen LogP contribution in [-0.4, -0.2) is 49.7 Å². The summed E-state index contributed by atoms with van der Waals surface area (Å²) in [5.41, 5.74) is 2.03. The number of methoxy groups -OCH3 is 2. The third-order valence-corrected chi connectivity index (χ3v) is 5.02. The van der Waals surface area contributed by atoms with Crippen LogP contribution in [0.4, 0.5) is 5.95 Å². The average Bonchev–Trinajstić information content (AvgIpc) is 2.73. The number of aryl methyl sites for hydroxylation is 1. The highest BCUT2D eigenvalue weighted by Gasteiger charge is 2.26. The van der Waals surface area contributed by atoms with Crippen LogP contribution in [0.1, 0.15) is 24.1 Å². The molecule has 1 aliphatic rings. The summed E-state index contributed by atoms with van der Waals surface area (Å²) >= 11 is 0. The van der Waals surface area contributed by atoms with E-state index in [4.69, 9.17) is 9.47 Å². The second kappa shape index (κ2) is 9.39. The first-order valence-corrected chi connectivity index (χ1v) is 9.64. The van der Waals surface area contributed by atoms with Crippen molar-refractivity contribution in [1.82, 2.24) is 15.3 Å². The minimum atomic E-state index is -0.0386. The molecular formula is C21H28N4O3. The number of ether oxygens (including phenoxy) is 2. The van der Waals surface area contributed by atoms with Gasteiger partial charge in [-0.05, 0) is 49.9 Å². The van der Waals surface area contributed by atoms with E-state index in [-0.39, 0.29) is 11.8 Å². The highest BCUT2D eigenvalue weighted by atomic mass is 16.5. The molecule has 3 rings (SSSR count). The summed E-state index contributed by atoms with van der Waals surface area (Å²) in [5.74, 6) is 2.17. The van der Waals surface area contributed by atoms with Gasteiger partial charge in [0.1, 0.15) is 0 Å². The van der Waals surface area contributed by atoms with E-state index in [0.29, 0.717) is 30.5 Å². The van der Waals surface area contributed by atoms with Gasteiger partial charge in [0.25, 0.3) is 0 Å². The molecule has 1 saturated heterocycles. The van der Waals surface area contributed by atoms with Crippen molar-refractivity contribution in [2.75, 3.05) is 38.8 Å². The van der Waals surface area contributed by atoms with Gasteiger partial charge < -0.3 is 19.7 Å². The summed E-state index contributed by atoms with van der Waals surface area (Å²) in [6, 6.07) is 7.70. The maximum atomic E-state index is 12.6. The number of piperidine rings is 1. The van der Waals surface area contributed by atoms with Crippen molar-refractivity contribution < 1.29 is 14.3 Å². The van der Waals surface area contributed by atoms with Crippen LogP contribution in [0.25, 0.3) is 0 Å². The quantitative estimate of drug-likeness (QED) is 0.790. The molecule has 1 amide bonds. The fourth-order valence-electron chi connectivity index (χ4n) is 3.47. The van der Waals surface area contributed by atoms with Gasteiger partial charge in [-0.2, -0.15) is 0 Å². The topological polar surface area (TPSA) is 76.6 Å². The Morgan fingerprint density at radius 2 is 2.07 bits per heavy atom. The number of aromatic nitrogens is 2. The summed E-state index contributed by atoms with van der Waals surface area (Å²) in [7, 11) is 3.24. The van der Waals surface area contributed by atoms with E-state index in [2.05, 4.69) is 20.2 Å². The predicted octanol–water partition coefficient (Wildman–Crippen LogP) is 2.38. The summed E-state index contributed by atoms with van der Waals surface area (Å²) in [6.07, 6.45) is 4.36. The van der Waals surface area contributed by atoms with Crippen LogP contribution < -0.4 is 19.7 Å². The zero-order valence-corrected chi connectivity index (χ0v) is 16.8. The fourth-order valence-corrected chi connectivity index (χ4v) is 3.47. The molecule has 150 valence electrons. The molecule has 0 bridgehead atoms. The Morgan fingerprint density at radius 1 is 1.25 bits per heavy atom. The van der Waals surface area contributed by atoms with E-state index in [9.17, 15) is 4.79 Å². The third kappa shape index (κ3) is 4.91. The van der Waals surface area contributed by atoms with Gasteiger partial charge in [-0.25, -0.2) is 9.97 Å². The molecule has 1 aliphatic heterocycles. The number of hydrogen-bond acceptors (Lipinski definition) is 6. The van der Waals surface area contributed by atoms with Crippen LogP contribution in [0.5, 0.6) is 11.5 Å². The molecule has 28 heavy (non-hydrogen) atoms. The number of nitrogens with one attached hydrogen (secondary N) is 1. The number of amides is 1. The van der Waals surface area contributed by atoms with Gasteiger partial charge in [0, 0.05) is 31.5 Å². The van der Waals surface area contributed by atoms with Gasteiger partial charge in [-0.3, -0.25) is 4.79 Å². The van der Waals surface area contributed by atoms with Crippen LogP contribution in [0.15, 0.2) is 30.5 Å². The standard InChI is InChI=1S/C21H28N4O3/c1-15-8-10-23-21(24-15)25-12-4-5-17(14-25)20(26)22-11-9-16-6-7-18(27-2)19(13-16)28-3/h6-8,10,13,17H,4-5,9,11-12,14H2,1-3H3,(H,22,26). The molecule has 0 spiro atoms. The Kier molecular flexibility index (Phi) is 6.68. The third-order valence-electron chi connectivity index (χ3n) is 5.02. The minimum Gasteiger partial charge on any atom is -0.493 e. The van der Waals surface area contributed by atoms with Crippen molar-refractivity contribution in [1.29, 1.82) is 0 Å². The van der Waals surface area contributed by atoms with E-state index in [1.165, 1.54) is 0 Å². The summed E-state index contributed by atoms with van der Waals surface area (Å²) in [6.45, 7) is 4.09. The molecule has 1 atom stereocenters. The molecule has 1 aromatic heterocycles. The monoisotopic (exact) mass is 384 g/mol. The maximum absolute atomic E-state index is 12.6. The lowest BCUT2D eigenvalue weighted by atomic mass is 9.97. The van der Waals surface area contributed by atoms with Gasteiger partial charge in [-0.15, -0.1) is 0 Å². The van der Waals surface area contributed by atoms with Gasteiger partial charge in [0.15, 0.2) is 11.5 Å². The Labute approximate surface area is 166 Å². The Bertz CT molecular complexity index is 812. The number of carbonyl (C=O) groups is 1. The maximum Gasteiger partial charge on any atom is 0.225 e. The Morgan fingerprint density at radius 3 is 2.82 bits per heavy atom. The smallest absolute Gasteiger partial charge is 0.225 e. The zero-order valence-electron chi connectivity index (χ0n) is 16.8. The number of benzene rings is 1. The van der Waals surface area contributed by atoms with Crippen molar-refractivity contribution in [3.63, 3.8) is 0 Å². The normalized spacial score (nSPS) is 16.5. The number of carbonyl (C=O) groups excluding carboxylic acids is 1.